The van der Waals surface area contributed by atoms with E-state index in [1.54, 1.807) is 19.5 Å². The Morgan fingerprint density at radius 3 is 2.77 bits per heavy atom. The number of nitrogens with one attached hydrogen (secondary N) is 1. The van der Waals surface area contributed by atoms with Crippen molar-refractivity contribution in [1.29, 1.82) is 0 Å². The van der Waals surface area contributed by atoms with E-state index < -0.39 is 11.4 Å². The maximum atomic E-state index is 17.0. The quantitative estimate of drug-likeness (QED) is 0.306. The van der Waals surface area contributed by atoms with E-state index in [-0.39, 0.29) is 28.9 Å². The Bertz CT molecular complexity index is 1750. The van der Waals surface area contributed by atoms with Crippen LogP contribution >= 0.6 is 0 Å². The maximum absolute atomic E-state index is 17.0. The number of rotatable bonds is 7. The van der Waals surface area contributed by atoms with Crippen LogP contribution < -0.4 is 9.64 Å². The van der Waals surface area contributed by atoms with Gasteiger partial charge in [-0.15, -0.1) is 0 Å². The van der Waals surface area contributed by atoms with Crippen LogP contribution in [-0.4, -0.2) is 92.3 Å². The first-order valence-corrected chi connectivity index (χ1v) is 16.0. The number of methoxy groups -OCH3 is 1. The van der Waals surface area contributed by atoms with Crippen molar-refractivity contribution in [2.45, 2.75) is 82.0 Å². The second-order valence-corrected chi connectivity index (χ2v) is 13.7. The molecule has 44 heavy (non-hydrogen) atoms. The molecule has 1 aliphatic carbocycles. The molecule has 3 aromatic heterocycles. The third kappa shape index (κ3) is 4.62. The van der Waals surface area contributed by atoms with Crippen molar-refractivity contribution in [2.75, 3.05) is 44.8 Å². The van der Waals surface area contributed by atoms with Crippen LogP contribution in [0.3, 0.4) is 0 Å². The van der Waals surface area contributed by atoms with E-state index in [1.165, 1.54) is 0 Å². The SMILES string of the molecule is CO[C@H]1CN2CCC[C@@]2(COc2nc(N3CCC[C@@](C)(O)C3)c3cnc(-c4c(C5CC5)c(C)cc5[nH]ncc45)c(F)c3n2)C1. The fraction of sp³-hybridized carbons (Fsp3) is 0.576. The summed E-state index contributed by atoms with van der Waals surface area (Å²) in [5.74, 6) is 0.438. The Morgan fingerprint density at radius 1 is 1.14 bits per heavy atom. The average molecular weight is 602 g/mol. The van der Waals surface area contributed by atoms with Crippen LogP contribution in [0, 0.1) is 12.7 Å². The minimum Gasteiger partial charge on any atom is -0.461 e. The molecule has 3 saturated heterocycles. The van der Waals surface area contributed by atoms with Gasteiger partial charge in [-0.1, -0.05) is 0 Å². The lowest BCUT2D eigenvalue weighted by molar-refractivity contribution is 0.0447. The number of β-amino-alcohol motifs (C(OH)–C–C–N with tert-alkyl or cyclic N) is 1. The highest BCUT2D eigenvalue weighted by Crippen LogP contribution is 2.49. The monoisotopic (exact) mass is 601 g/mol. The predicted molar refractivity (Wildman–Crippen MR) is 166 cm³/mol. The third-order valence-electron chi connectivity index (χ3n) is 10.4. The van der Waals surface area contributed by atoms with Gasteiger partial charge in [-0.05, 0) is 88.4 Å². The van der Waals surface area contributed by atoms with Gasteiger partial charge >= 0.3 is 6.01 Å². The van der Waals surface area contributed by atoms with Crippen LogP contribution in [0.2, 0.25) is 0 Å². The van der Waals surface area contributed by atoms with E-state index in [9.17, 15) is 5.11 Å². The van der Waals surface area contributed by atoms with E-state index >= 15 is 4.39 Å². The van der Waals surface area contributed by atoms with Crippen molar-refractivity contribution >= 4 is 27.6 Å². The molecular formula is C33H40FN7O3. The molecule has 0 unspecified atom stereocenters. The van der Waals surface area contributed by atoms with Gasteiger partial charge in [-0.3, -0.25) is 15.0 Å². The number of H-pyrrole nitrogens is 1. The van der Waals surface area contributed by atoms with E-state index in [4.69, 9.17) is 24.4 Å². The summed E-state index contributed by atoms with van der Waals surface area (Å²) < 4.78 is 29.1. The second kappa shape index (κ2) is 10.3. The van der Waals surface area contributed by atoms with Gasteiger partial charge in [-0.2, -0.15) is 15.1 Å². The summed E-state index contributed by atoms with van der Waals surface area (Å²) in [6, 6.07) is 2.24. The summed E-state index contributed by atoms with van der Waals surface area (Å²) in [5, 5.41) is 19.7. The fourth-order valence-corrected chi connectivity index (χ4v) is 8.12. The first-order valence-electron chi connectivity index (χ1n) is 16.0. The van der Waals surface area contributed by atoms with Crippen molar-refractivity contribution in [3.63, 3.8) is 0 Å². The summed E-state index contributed by atoms with van der Waals surface area (Å²) in [6.45, 7) is 7.30. The van der Waals surface area contributed by atoms with Gasteiger partial charge in [0, 0.05) is 43.9 Å². The number of anilines is 1. The van der Waals surface area contributed by atoms with Crippen LogP contribution in [0.4, 0.5) is 10.2 Å². The molecule has 4 aromatic rings. The zero-order valence-corrected chi connectivity index (χ0v) is 25.7. The van der Waals surface area contributed by atoms with Crippen LogP contribution in [0.5, 0.6) is 6.01 Å². The van der Waals surface area contributed by atoms with Gasteiger partial charge < -0.3 is 19.5 Å². The number of fused-ring (bicyclic) bond motifs is 3. The van der Waals surface area contributed by atoms with Crippen LogP contribution in [0.25, 0.3) is 33.1 Å². The van der Waals surface area contributed by atoms with Crippen LogP contribution in [0.15, 0.2) is 18.5 Å². The summed E-state index contributed by atoms with van der Waals surface area (Å²) >= 11 is 0. The Balaban J connectivity index is 1.26. The molecule has 4 fully saturated rings. The summed E-state index contributed by atoms with van der Waals surface area (Å²) in [4.78, 5) is 18.8. The van der Waals surface area contributed by atoms with Gasteiger partial charge in [0.25, 0.3) is 0 Å². The fourth-order valence-electron chi connectivity index (χ4n) is 8.12. The first kappa shape index (κ1) is 28.1. The van der Waals surface area contributed by atoms with E-state index in [0.717, 1.165) is 79.2 Å². The number of benzene rings is 1. The molecule has 2 N–H and O–H groups in total. The van der Waals surface area contributed by atoms with Crippen molar-refractivity contribution in [3.8, 4) is 17.3 Å². The molecule has 1 aromatic carbocycles. The molecular weight excluding hydrogens is 561 g/mol. The highest BCUT2D eigenvalue weighted by Gasteiger charge is 2.49. The minimum atomic E-state index is -0.877. The number of nitrogens with zero attached hydrogens (tertiary/aromatic N) is 6. The Morgan fingerprint density at radius 2 is 1.98 bits per heavy atom. The zero-order chi connectivity index (χ0) is 30.2. The largest absolute Gasteiger partial charge is 0.461 e. The summed E-state index contributed by atoms with van der Waals surface area (Å²) in [7, 11) is 1.77. The number of hydrogen-bond donors (Lipinski definition) is 2. The molecule has 0 amide bonds. The van der Waals surface area contributed by atoms with Crippen molar-refractivity contribution in [3.05, 3.63) is 35.4 Å². The first-order chi connectivity index (χ1) is 21.2. The van der Waals surface area contributed by atoms with E-state index in [2.05, 4.69) is 28.1 Å². The molecule has 3 atom stereocenters. The Labute approximate surface area is 256 Å². The number of aromatic amines is 1. The normalized spacial score (nSPS) is 27.5. The Hall–Kier alpha value is -3.41. The molecule has 6 heterocycles. The van der Waals surface area contributed by atoms with Crippen molar-refractivity contribution in [1.82, 2.24) is 30.0 Å². The van der Waals surface area contributed by atoms with Crippen molar-refractivity contribution < 1.29 is 19.0 Å². The summed E-state index contributed by atoms with van der Waals surface area (Å²) in [6.07, 6.45) is 10.3. The van der Waals surface area contributed by atoms with Gasteiger partial charge in [0.05, 0.1) is 34.3 Å². The molecule has 4 aliphatic rings. The standard InChI is InChI=1S/C33H40FN7O3/c1-19-12-24-22(15-36-39-24)26(25(19)20-6-7-20)29-27(34)28-23(14-35-29)30(40-10-4-8-32(2,42)17-40)38-31(37-28)44-18-33-9-5-11-41(33)16-21(13-33)43-3/h12,14-15,20-21,42H,4-11,13,16-18H2,1-3H3,(H,36,39)/t21-,32-,33+/m1/s1. The lowest BCUT2D eigenvalue weighted by Gasteiger charge is -2.38. The topological polar surface area (TPSA) is 113 Å². The molecule has 10 nitrogen and oxygen atoms in total. The number of hydrogen-bond acceptors (Lipinski definition) is 9. The van der Waals surface area contributed by atoms with Gasteiger partial charge in [-0.25, -0.2) is 4.39 Å². The number of ether oxygens (including phenoxy) is 2. The van der Waals surface area contributed by atoms with Crippen LogP contribution in [0.1, 0.15) is 68.9 Å². The lowest BCUT2D eigenvalue weighted by atomic mass is 9.92. The zero-order valence-electron chi connectivity index (χ0n) is 25.7. The van der Waals surface area contributed by atoms with Gasteiger partial charge in [0.2, 0.25) is 0 Å². The van der Waals surface area contributed by atoms with E-state index in [1.807, 2.05) is 11.8 Å². The molecule has 1 saturated carbocycles. The molecule has 11 heteroatoms. The average Bonchev–Trinajstić information content (AvgIpc) is 3.43. The molecule has 0 spiro atoms. The number of piperidine rings is 1. The predicted octanol–water partition coefficient (Wildman–Crippen LogP) is 4.88. The van der Waals surface area contributed by atoms with E-state index in [0.29, 0.717) is 43.2 Å². The second-order valence-electron chi connectivity index (χ2n) is 13.7. The molecule has 8 rings (SSSR count). The third-order valence-corrected chi connectivity index (χ3v) is 10.4. The van der Waals surface area contributed by atoms with Crippen molar-refractivity contribution in [2.24, 2.45) is 0 Å². The van der Waals surface area contributed by atoms with Gasteiger partial charge in [0.1, 0.15) is 23.6 Å². The molecule has 232 valence electrons. The van der Waals surface area contributed by atoms with Crippen LogP contribution in [-0.2, 0) is 4.74 Å². The number of aliphatic hydroxyl groups is 1. The summed E-state index contributed by atoms with van der Waals surface area (Å²) in [5.41, 5.74) is 3.33. The highest BCUT2D eigenvalue weighted by atomic mass is 19.1. The lowest BCUT2D eigenvalue weighted by Crippen LogP contribution is -2.46. The molecule has 0 bridgehead atoms. The molecule has 0 radical (unpaired) electrons. The number of halogens is 1. The maximum Gasteiger partial charge on any atom is 0.319 e. The minimum absolute atomic E-state index is 0.135. The number of aromatic nitrogens is 5. The smallest absolute Gasteiger partial charge is 0.319 e. The Kier molecular flexibility index (Phi) is 6.59. The highest BCUT2D eigenvalue weighted by molar-refractivity contribution is 5.99. The number of pyridine rings is 1. The molecule has 3 aliphatic heterocycles. The van der Waals surface area contributed by atoms with Gasteiger partial charge in [0.15, 0.2) is 5.82 Å². The number of aryl methyl sites for hydroxylation is 1.